The van der Waals surface area contributed by atoms with Gasteiger partial charge in [0.25, 0.3) is 5.91 Å². The predicted molar refractivity (Wildman–Crippen MR) is 210 cm³/mol. The van der Waals surface area contributed by atoms with Crippen LogP contribution >= 0.6 is 31.9 Å². The molecule has 7 aromatic rings. The minimum atomic E-state index is -4.70. The maximum atomic E-state index is 13.0. The Morgan fingerprint density at radius 1 is 0.679 bits per heavy atom. The largest absolute Gasteiger partial charge is 0.433 e. The molecule has 0 fully saturated rings. The van der Waals surface area contributed by atoms with Gasteiger partial charge in [0, 0.05) is 30.2 Å². The average molecular weight is 891 g/mol. The van der Waals surface area contributed by atoms with Crippen LogP contribution in [0.3, 0.4) is 0 Å². The van der Waals surface area contributed by atoms with Crippen LogP contribution in [0.2, 0.25) is 0 Å². The van der Waals surface area contributed by atoms with E-state index in [-0.39, 0.29) is 28.5 Å². The van der Waals surface area contributed by atoms with Crippen molar-refractivity contribution in [2.24, 2.45) is 0 Å². The van der Waals surface area contributed by atoms with E-state index < -0.39 is 34.7 Å². The Balaban J connectivity index is 0.000000194. The van der Waals surface area contributed by atoms with Crippen LogP contribution in [0.25, 0.3) is 21.8 Å². The third kappa shape index (κ3) is 8.83. The van der Waals surface area contributed by atoms with Gasteiger partial charge in [-0.25, -0.2) is 20.0 Å². The molecule has 0 N–H and O–H groups in total. The summed E-state index contributed by atoms with van der Waals surface area (Å²) >= 11 is 6.66. The van der Waals surface area contributed by atoms with Gasteiger partial charge in [-0.2, -0.15) is 13.2 Å². The van der Waals surface area contributed by atoms with Gasteiger partial charge >= 0.3 is 6.18 Å². The van der Waals surface area contributed by atoms with Crippen LogP contribution in [0.1, 0.15) is 43.5 Å². The van der Waals surface area contributed by atoms with Gasteiger partial charge in [0.1, 0.15) is 26.2 Å². The van der Waals surface area contributed by atoms with E-state index >= 15 is 0 Å². The van der Waals surface area contributed by atoms with E-state index in [2.05, 4.69) is 46.8 Å². The summed E-state index contributed by atoms with van der Waals surface area (Å²) in [5, 5.41) is 1.79. The zero-order valence-corrected chi connectivity index (χ0v) is 32.7. The highest BCUT2D eigenvalue weighted by molar-refractivity contribution is 9.10. The first-order valence-electron chi connectivity index (χ1n) is 16.6. The van der Waals surface area contributed by atoms with Gasteiger partial charge < -0.3 is 9.13 Å². The summed E-state index contributed by atoms with van der Waals surface area (Å²) in [4.78, 5) is 68.3. The number of hydroxylamine groups is 2. The van der Waals surface area contributed by atoms with Crippen LogP contribution in [0.4, 0.5) is 13.2 Å². The van der Waals surface area contributed by atoms with Gasteiger partial charge in [0.05, 0.1) is 48.2 Å². The second kappa shape index (κ2) is 16.9. The molecule has 0 aliphatic rings. The highest BCUT2D eigenvalue weighted by Gasteiger charge is 2.33. The van der Waals surface area contributed by atoms with Crippen molar-refractivity contribution in [2.45, 2.75) is 19.3 Å². The first-order chi connectivity index (χ1) is 26.7. The number of benzene rings is 2. The van der Waals surface area contributed by atoms with Crippen molar-refractivity contribution in [3.05, 3.63) is 179 Å². The molecule has 0 radical (unpaired) electrons. The van der Waals surface area contributed by atoms with E-state index in [9.17, 15) is 32.3 Å². The van der Waals surface area contributed by atoms with E-state index in [1.165, 1.54) is 20.4 Å². The third-order valence-corrected chi connectivity index (χ3v) is 9.38. The number of para-hydroxylation sites is 2. The fraction of sp³-hybridized carbons (Fsp3) is 0.125. The minimum absolute atomic E-state index is 0.0537. The molecule has 0 atom stereocenters. The molecule has 0 saturated carbocycles. The maximum Gasteiger partial charge on any atom is 0.433 e. The van der Waals surface area contributed by atoms with Crippen LogP contribution in [0.15, 0.2) is 134 Å². The zero-order chi connectivity index (χ0) is 40.1. The molecule has 7 rings (SSSR count). The Labute approximate surface area is 333 Å². The molecule has 0 aliphatic carbocycles. The number of aromatic nitrogens is 5. The summed E-state index contributed by atoms with van der Waals surface area (Å²) in [6, 6.07) is 27.9. The number of fused-ring (bicyclic) bond motifs is 2. The van der Waals surface area contributed by atoms with E-state index in [1.54, 1.807) is 65.4 Å². The Morgan fingerprint density at radius 3 is 1.66 bits per heavy atom. The molecule has 1 amide bonds. The molecule has 0 spiro atoms. The maximum absolute atomic E-state index is 13.0. The number of halogens is 5. The molecule has 5 heterocycles. The van der Waals surface area contributed by atoms with Gasteiger partial charge in [-0.05, 0) is 92.5 Å². The number of nitrogens with zero attached hydrogens (tertiary/aromatic N) is 6. The Kier molecular flexibility index (Phi) is 12.0. The molecule has 56 heavy (non-hydrogen) atoms. The van der Waals surface area contributed by atoms with Gasteiger partial charge in [-0.15, -0.1) is 0 Å². The van der Waals surface area contributed by atoms with Gasteiger partial charge in [0.15, 0.2) is 0 Å². The lowest BCUT2D eigenvalue weighted by Gasteiger charge is -2.16. The lowest BCUT2D eigenvalue weighted by molar-refractivity contribution is -0.141. The first-order valence-corrected chi connectivity index (χ1v) is 18.2. The van der Waals surface area contributed by atoms with Crippen LogP contribution in [-0.2, 0) is 24.1 Å². The molecular weight excluding hydrogens is 861 g/mol. The SMILES string of the molecule is CON(C)C(=O)c1cn(Cc2cccc(Br)n2)c2ccccc2c1=O.O=C(c1cccc(C(F)(F)F)n1)c1cn(Cc2cccc(Br)n2)c2ccccc2c1=O. The summed E-state index contributed by atoms with van der Waals surface area (Å²) in [6.45, 7) is 0.674. The smallest absolute Gasteiger partial charge is 0.340 e. The molecule has 16 heteroatoms. The van der Waals surface area contributed by atoms with E-state index in [0.717, 1.165) is 39.1 Å². The van der Waals surface area contributed by atoms with E-state index in [1.807, 2.05) is 34.9 Å². The highest BCUT2D eigenvalue weighted by atomic mass is 79.9. The molecule has 11 nitrogen and oxygen atoms in total. The summed E-state index contributed by atoms with van der Waals surface area (Å²) in [7, 11) is 2.85. The zero-order valence-electron chi connectivity index (χ0n) is 29.5. The standard InChI is InChI=1S/C22H13BrF3N3O2.C18H16BrN3O3/c23-19-10-3-5-13(27-19)11-29-12-15(20(30)14-6-1-2-8-17(14)29)21(31)16-7-4-9-18(28-16)22(24,25)26;1-21(25-2)18(24)14-11-22(10-12-6-5-9-16(19)20-12)15-8-4-3-7-13(15)17(14)23/h1-10,12H,11H2;3-9,11H,10H2,1-2H3. The molecule has 2 aromatic carbocycles. The summed E-state index contributed by atoms with van der Waals surface area (Å²) < 4.78 is 43.9. The fourth-order valence-corrected chi connectivity index (χ4v) is 6.56. The van der Waals surface area contributed by atoms with Crippen molar-refractivity contribution in [2.75, 3.05) is 14.2 Å². The summed E-state index contributed by atoms with van der Waals surface area (Å²) in [6.07, 6.45) is -1.80. The van der Waals surface area contributed by atoms with Gasteiger partial charge in [-0.1, -0.05) is 42.5 Å². The van der Waals surface area contributed by atoms with Crippen LogP contribution < -0.4 is 10.9 Å². The number of hydrogen-bond acceptors (Lipinski definition) is 8. The molecule has 0 bridgehead atoms. The third-order valence-electron chi connectivity index (χ3n) is 8.49. The Hall–Kier alpha value is -5.84. The second-order valence-corrected chi connectivity index (χ2v) is 13.8. The fourth-order valence-electron chi connectivity index (χ4n) is 5.80. The number of alkyl halides is 3. The summed E-state index contributed by atoms with van der Waals surface area (Å²) in [5.74, 6) is -1.37. The number of ketones is 1. The normalized spacial score (nSPS) is 11.3. The predicted octanol–water partition coefficient (Wildman–Crippen LogP) is 7.69. The van der Waals surface area contributed by atoms with Crippen molar-refractivity contribution >= 4 is 65.4 Å². The van der Waals surface area contributed by atoms with E-state index in [4.69, 9.17) is 4.84 Å². The molecule has 5 aromatic heterocycles. The number of pyridine rings is 5. The number of carbonyl (C=O) groups is 2. The monoisotopic (exact) mass is 888 g/mol. The average Bonchev–Trinajstić information content (AvgIpc) is 3.19. The number of carbonyl (C=O) groups excluding carboxylic acids is 2. The number of rotatable bonds is 8. The number of hydrogen-bond donors (Lipinski definition) is 0. The topological polar surface area (TPSA) is 129 Å². The number of amides is 1. The van der Waals surface area contributed by atoms with Gasteiger partial charge in [-0.3, -0.25) is 24.0 Å². The molecule has 0 saturated heterocycles. The molecule has 0 unspecified atom stereocenters. The molecular formula is C40H29Br2F3N6O5. The van der Waals surface area contributed by atoms with Crippen molar-refractivity contribution < 1.29 is 27.6 Å². The van der Waals surface area contributed by atoms with Crippen molar-refractivity contribution in [1.82, 2.24) is 29.1 Å². The van der Waals surface area contributed by atoms with Gasteiger partial charge in [0.2, 0.25) is 16.6 Å². The lowest BCUT2D eigenvalue weighted by Crippen LogP contribution is -2.31. The second-order valence-electron chi connectivity index (χ2n) is 12.2. The van der Waals surface area contributed by atoms with Crippen LogP contribution in [0.5, 0.6) is 0 Å². The minimum Gasteiger partial charge on any atom is -0.340 e. The van der Waals surface area contributed by atoms with Crippen molar-refractivity contribution in [3.63, 3.8) is 0 Å². The Morgan fingerprint density at radius 2 is 1.16 bits per heavy atom. The van der Waals surface area contributed by atoms with Crippen molar-refractivity contribution in [1.29, 1.82) is 0 Å². The highest BCUT2D eigenvalue weighted by Crippen LogP contribution is 2.28. The molecule has 0 aliphatic heterocycles. The van der Waals surface area contributed by atoms with Crippen molar-refractivity contribution in [3.8, 4) is 0 Å². The van der Waals surface area contributed by atoms with Crippen LogP contribution in [0, 0.1) is 0 Å². The lowest BCUT2D eigenvalue weighted by atomic mass is 10.1. The van der Waals surface area contributed by atoms with E-state index in [0.29, 0.717) is 27.7 Å². The molecule has 284 valence electrons. The Bertz CT molecular complexity index is 2740. The summed E-state index contributed by atoms with van der Waals surface area (Å²) in [5.41, 5.74) is 0.0427. The first kappa shape index (κ1) is 39.8. The van der Waals surface area contributed by atoms with Crippen LogP contribution in [-0.4, -0.2) is 55.0 Å². The quantitative estimate of drug-likeness (QED) is 0.0864.